The minimum atomic E-state index is -0.345. The molecule has 5 aromatic rings. The van der Waals surface area contributed by atoms with Gasteiger partial charge in [-0.1, -0.05) is 26.8 Å². The molecule has 0 bridgehead atoms. The zero-order valence-corrected chi connectivity index (χ0v) is 20.6. The van der Waals surface area contributed by atoms with E-state index in [1.54, 1.807) is 28.9 Å². The number of anilines is 1. The van der Waals surface area contributed by atoms with Crippen LogP contribution in [0.15, 0.2) is 60.9 Å². The molecular weight excluding hydrogens is 455 g/mol. The van der Waals surface area contributed by atoms with Gasteiger partial charge in [0.15, 0.2) is 11.5 Å². The lowest BCUT2D eigenvalue weighted by Gasteiger charge is -2.18. The summed E-state index contributed by atoms with van der Waals surface area (Å²) >= 11 is 0. The van der Waals surface area contributed by atoms with Crippen molar-refractivity contribution in [2.45, 2.75) is 27.7 Å². The maximum atomic E-state index is 13.7. The van der Waals surface area contributed by atoms with Crippen LogP contribution >= 0.6 is 0 Å². The number of nitrogens with one attached hydrogen (secondary N) is 1. The third-order valence-electron chi connectivity index (χ3n) is 6.00. The van der Waals surface area contributed by atoms with Crippen LogP contribution in [0, 0.1) is 18.2 Å². The third kappa shape index (κ3) is 4.37. The van der Waals surface area contributed by atoms with Crippen molar-refractivity contribution in [3.05, 3.63) is 78.0 Å². The second kappa shape index (κ2) is 8.71. The summed E-state index contributed by atoms with van der Waals surface area (Å²) < 4.78 is 15.5. The topological polar surface area (TPSA) is 98.2 Å². The Morgan fingerprint density at radius 1 is 1.06 bits per heavy atom. The Labute approximate surface area is 208 Å². The number of imidazole rings is 1. The van der Waals surface area contributed by atoms with E-state index in [4.69, 9.17) is 5.73 Å². The molecule has 0 aliphatic carbocycles. The number of halogens is 1. The van der Waals surface area contributed by atoms with Gasteiger partial charge in [-0.2, -0.15) is 0 Å². The molecule has 7 nitrogen and oxygen atoms in total. The molecule has 3 aromatic heterocycles. The minimum absolute atomic E-state index is 0.0761. The smallest absolute Gasteiger partial charge is 0.271 e. The van der Waals surface area contributed by atoms with Crippen molar-refractivity contribution in [3.63, 3.8) is 0 Å². The van der Waals surface area contributed by atoms with Gasteiger partial charge in [-0.15, -0.1) is 0 Å². The van der Waals surface area contributed by atoms with Crippen LogP contribution in [0.4, 0.5) is 10.2 Å². The molecule has 0 atom stereocenters. The van der Waals surface area contributed by atoms with Crippen molar-refractivity contribution in [2.75, 3.05) is 12.3 Å². The van der Waals surface area contributed by atoms with Crippen LogP contribution in [0.5, 0.6) is 0 Å². The van der Waals surface area contributed by atoms with Crippen molar-refractivity contribution < 1.29 is 9.18 Å². The van der Waals surface area contributed by atoms with Gasteiger partial charge in [0.1, 0.15) is 11.5 Å². The number of aromatic nitrogens is 4. The number of hydrogen-bond acceptors (Lipinski definition) is 5. The molecule has 0 radical (unpaired) electrons. The highest BCUT2D eigenvalue weighted by Crippen LogP contribution is 2.35. The number of pyridine rings is 1. The number of carbonyl (C=O) groups is 1. The van der Waals surface area contributed by atoms with Gasteiger partial charge in [0.25, 0.3) is 5.91 Å². The number of carbonyl (C=O) groups excluding carboxylic acids is 1. The molecule has 0 unspecified atom stereocenters. The Morgan fingerprint density at radius 3 is 2.50 bits per heavy atom. The first kappa shape index (κ1) is 23.4. The van der Waals surface area contributed by atoms with E-state index in [0.717, 1.165) is 22.0 Å². The van der Waals surface area contributed by atoms with E-state index in [9.17, 15) is 9.18 Å². The fourth-order valence-corrected chi connectivity index (χ4v) is 4.13. The SMILES string of the molecule is Cc1ccnc2ccc(-c3c(-c4ccc(F)cc4)nc(N)c4nc(C(=O)NCC(C)(C)C)cn34)cc12. The molecule has 1 amide bonds. The van der Waals surface area contributed by atoms with E-state index in [1.807, 2.05) is 52.0 Å². The molecular formula is C28H27FN6O. The summed E-state index contributed by atoms with van der Waals surface area (Å²) in [5.74, 6) is -0.463. The van der Waals surface area contributed by atoms with Gasteiger partial charge >= 0.3 is 0 Å². The van der Waals surface area contributed by atoms with Crippen LogP contribution in [0.3, 0.4) is 0 Å². The largest absolute Gasteiger partial charge is 0.381 e. The highest BCUT2D eigenvalue weighted by molar-refractivity contribution is 5.95. The monoisotopic (exact) mass is 482 g/mol. The summed E-state index contributed by atoms with van der Waals surface area (Å²) in [7, 11) is 0. The predicted octanol–water partition coefficient (Wildman–Crippen LogP) is 5.42. The number of rotatable bonds is 4. The van der Waals surface area contributed by atoms with Gasteiger partial charge in [0.2, 0.25) is 0 Å². The van der Waals surface area contributed by atoms with E-state index in [0.29, 0.717) is 29.1 Å². The number of nitrogens with zero attached hydrogens (tertiary/aromatic N) is 4. The molecule has 8 heteroatoms. The van der Waals surface area contributed by atoms with Crippen LogP contribution in [0.25, 0.3) is 39.1 Å². The van der Waals surface area contributed by atoms with Crippen LogP contribution in [-0.4, -0.2) is 31.8 Å². The molecule has 3 N–H and O–H groups in total. The predicted molar refractivity (Wildman–Crippen MR) is 140 cm³/mol. The third-order valence-corrected chi connectivity index (χ3v) is 6.00. The lowest BCUT2D eigenvalue weighted by Crippen LogP contribution is -2.32. The maximum absolute atomic E-state index is 13.7. The molecule has 0 aliphatic rings. The van der Waals surface area contributed by atoms with E-state index >= 15 is 0 Å². The second-order valence-electron chi connectivity index (χ2n) is 10.1. The highest BCUT2D eigenvalue weighted by atomic mass is 19.1. The van der Waals surface area contributed by atoms with E-state index in [2.05, 4.69) is 20.3 Å². The molecule has 0 saturated carbocycles. The first-order valence-corrected chi connectivity index (χ1v) is 11.7. The summed E-state index contributed by atoms with van der Waals surface area (Å²) in [4.78, 5) is 26.6. The molecule has 0 aliphatic heterocycles. The van der Waals surface area contributed by atoms with E-state index in [-0.39, 0.29) is 28.7 Å². The van der Waals surface area contributed by atoms with Gasteiger partial charge in [0.05, 0.1) is 16.9 Å². The molecule has 3 heterocycles. The first-order chi connectivity index (χ1) is 17.1. The summed E-state index contributed by atoms with van der Waals surface area (Å²) in [6, 6.07) is 14.0. The Morgan fingerprint density at radius 2 is 1.78 bits per heavy atom. The fourth-order valence-electron chi connectivity index (χ4n) is 4.13. The van der Waals surface area contributed by atoms with Crippen LogP contribution in [0.2, 0.25) is 0 Å². The van der Waals surface area contributed by atoms with Gasteiger partial charge in [-0.25, -0.2) is 14.4 Å². The summed E-state index contributed by atoms with van der Waals surface area (Å²) in [6.45, 7) is 8.66. The standard InChI is InChI=1S/C28H27FN6O/c1-16-11-12-31-21-10-7-18(13-20(16)21)24-23(17-5-8-19(29)9-6-17)34-25(30)26-33-22(14-35(24)26)27(36)32-15-28(2,3)4/h5-14H,15H2,1-4H3,(H2,30,34)(H,32,36). The second-order valence-corrected chi connectivity index (χ2v) is 10.1. The van der Waals surface area contributed by atoms with Crippen molar-refractivity contribution in [3.8, 4) is 22.5 Å². The van der Waals surface area contributed by atoms with Crippen molar-refractivity contribution in [1.82, 2.24) is 24.7 Å². The summed E-state index contributed by atoms with van der Waals surface area (Å²) in [5, 5.41) is 3.93. The summed E-state index contributed by atoms with van der Waals surface area (Å²) in [6.07, 6.45) is 3.45. The number of fused-ring (bicyclic) bond motifs is 2. The van der Waals surface area contributed by atoms with Gasteiger partial charge in [-0.05, 0) is 60.4 Å². The number of aryl methyl sites for hydroxylation is 1. The summed E-state index contributed by atoms with van der Waals surface area (Å²) in [5.41, 5.74) is 11.6. The quantitative estimate of drug-likeness (QED) is 0.357. The number of benzene rings is 2. The number of nitrogens with two attached hydrogens (primary N) is 1. The molecule has 0 spiro atoms. The normalized spacial score (nSPS) is 11.8. The van der Waals surface area contributed by atoms with Crippen LogP contribution < -0.4 is 11.1 Å². The Bertz CT molecular complexity index is 1620. The highest BCUT2D eigenvalue weighted by Gasteiger charge is 2.22. The van der Waals surface area contributed by atoms with E-state index < -0.39 is 0 Å². The fraction of sp³-hybridized carbons (Fsp3) is 0.214. The van der Waals surface area contributed by atoms with Crippen LogP contribution in [0.1, 0.15) is 36.8 Å². The zero-order valence-electron chi connectivity index (χ0n) is 20.6. The lowest BCUT2D eigenvalue weighted by atomic mass is 9.97. The Hall–Kier alpha value is -4.33. The Balaban J connectivity index is 1.75. The first-order valence-electron chi connectivity index (χ1n) is 11.7. The molecule has 0 fully saturated rings. The number of hydrogen-bond donors (Lipinski definition) is 2. The zero-order chi connectivity index (χ0) is 25.6. The molecule has 36 heavy (non-hydrogen) atoms. The number of amides is 1. The number of nitrogen functional groups attached to an aromatic ring is 1. The molecule has 2 aromatic carbocycles. The van der Waals surface area contributed by atoms with Gasteiger partial charge in [0, 0.05) is 35.5 Å². The Kier molecular flexibility index (Phi) is 5.67. The van der Waals surface area contributed by atoms with Crippen molar-refractivity contribution in [1.29, 1.82) is 0 Å². The minimum Gasteiger partial charge on any atom is -0.381 e. The van der Waals surface area contributed by atoms with Gasteiger partial charge < -0.3 is 11.1 Å². The average Bonchev–Trinajstić information content (AvgIpc) is 3.29. The molecule has 0 saturated heterocycles. The van der Waals surface area contributed by atoms with E-state index in [1.165, 1.54) is 12.1 Å². The van der Waals surface area contributed by atoms with Crippen molar-refractivity contribution >= 4 is 28.3 Å². The maximum Gasteiger partial charge on any atom is 0.271 e. The molecule has 5 rings (SSSR count). The van der Waals surface area contributed by atoms with Crippen molar-refractivity contribution in [2.24, 2.45) is 5.41 Å². The van der Waals surface area contributed by atoms with Crippen LogP contribution in [-0.2, 0) is 0 Å². The molecule has 182 valence electrons. The average molecular weight is 483 g/mol. The lowest BCUT2D eigenvalue weighted by molar-refractivity contribution is 0.0935. The van der Waals surface area contributed by atoms with Gasteiger partial charge in [-0.3, -0.25) is 14.2 Å².